The van der Waals surface area contributed by atoms with Crippen LogP contribution in [-0.2, 0) is 28.8 Å². The summed E-state index contributed by atoms with van der Waals surface area (Å²) in [6, 6.07) is 0. The summed E-state index contributed by atoms with van der Waals surface area (Å²) < 4.78 is 4.92. The second-order valence-corrected chi connectivity index (χ2v) is 3.64. The van der Waals surface area contributed by atoms with Crippen LogP contribution < -0.4 is 0 Å². The molecular weight excluding hydrogens is 260 g/mol. The molecule has 19 heavy (non-hydrogen) atoms. The Morgan fingerprint density at radius 3 is 2.47 bits per heavy atom. The first-order chi connectivity index (χ1) is 8.90. The minimum Gasteiger partial charge on any atom is -0.479 e. The average molecular weight is 275 g/mol. The van der Waals surface area contributed by atoms with Gasteiger partial charge >= 0.3 is 17.8 Å². The summed E-state index contributed by atoms with van der Waals surface area (Å²) >= 11 is 0. The van der Waals surface area contributed by atoms with Crippen LogP contribution >= 0.6 is 0 Å². The van der Waals surface area contributed by atoms with Crippen LogP contribution in [0.5, 0.6) is 0 Å². The molecule has 0 aromatic rings. The van der Waals surface area contributed by atoms with Crippen LogP contribution in [0.4, 0.5) is 0 Å². The standard InChI is InChI=1S/C10H15N2O7/c1-3-17-7(2)11-18-6-10(15)19-12(16)8(13)4-5-9(12)14/h16H,3-6H2,1-2H3/q+1/b11-7+. The molecule has 0 atom stereocenters. The van der Waals surface area contributed by atoms with Gasteiger partial charge in [-0.15, -0.1) is 0 Å². The number of amides is 2. The molecule has 1 saturated heterocycles. The van der Waals surface area contributed by atoms with E-state index in [0.29, 0.717) is 6.61 Å². The number of hydrogen-bond donors (Lipinski definition) is 1. The third kappa shape index (κ3) is 3.73. The van der Waals surface area contributed by atoms with Crippen molar-refractivity contribution in [2.24, 2.45) is 5.16 Å². The number of ether oxygens (including phenoxy) is 1. The molecule has 0 aromatic heterocycles. The van der Waals surface area contributed by atoms with Crippen LogP contribution in [0, 0.1) is 0 Å². The second kappa shape index (κ2) is 6.25. The maximum Gasteiger partial charge on any atom is 0.412 e. The lowest BCUT2D eigenvalue weighted by Crippen LogP contribution is -2.51. The number of hydroxylamine groups is 4. The second-order valence-electron chi connectivity index (χ2n) is 3.64. The quantitative estimate of drug-likeness (QED) is 0.186. The van der Waals surface area contributed by atoms with Gasteiger partial charge in [0.2, 0.25) is 12.5 Å². The molecule has 0 aromatic carbocycles. The molecule has 0 bridgehead atoms. The highest BCUT2D eigenvalue weighted by molar-refractivity contribution is 5.91. The summed E-state index contributed by atoms with van der Waals surface area (Å²) in [4.78, 5) is 40.8. The minimum absolute atomic E-state index is 0.176. The van der Waals surface area contributed by atoms with Gasteiger partial charge in [-0.25, -0.2) is 19.2 Å². The van der Waals surface area contributed by atoms with Crippen molar-refractivity contribution in [3.63, 3.8) is 0 Å². The predicted octanol–water partition coefficient (Wildman–Crippen LogP) is -0.116. The Labute approximate surface area is 108 Å². The highest BCUT2D eigenvalue weighted by Gasteiger charge is 2.55. The number of hydrogen-bond acceptors (Lipinski definition) is 8. The van der Waals surface area contributed by atoms with Crippen LogP contribution in [0.25, 0.3) is 0 Å². The van der Waals surface area contributed by atoms with Gasteiger partial charge in [0.1, 0.15) is 4.81 Å². The monoisotopic (exact) mass is 275 g/mol. The van der Waals surface area contributed by atoms with Gasteiger partial charge in [-0.05, 0) is 6.92 Å². The van der Waals surface area contributed by atoms with Crippen molar-refractivity contribution in [3.05, 3.63) is 0 Å². The fourth-order valence-corrected chi connectivity index (χ4v) is 1.34. The number of rotatable bonds is 5. The fraction of sp³-hybridized carbons (Fsp3) is 0.600. The van der Waals surface area contributed by atoms with E-state index in [1.165, 1.54) is 6.92 Å². The number of nitrogens with zero attached hydrogens (tertiary/aromatic N) is 2. The molecule has 0 radical (unpaired) electrons. The van der Waals surface area contributed by atoms with Gasteiger partial charge in [-0.3, -0.25) is 0 Å². The van der Waals surface area contributed by atoms with E-state index >= 15 is 0 Å². The molecule has 9 nitrogen and oxygen atoms in total. The highest BCUT2D eigenvalue weighted by Crippen LogP contribution is 2.20. The first kappa shape index (κ1) is 15.1. The predicted molar refractivity (Wildman–Crippen MR) is 58.1 cm³/mol. The zero-order valence-corrected chi connectivity index (χ0v) is 10.6. The molecule has 1 heterocycles. The fourth-order valence-electron chi connectivity index (χ4n) is 1.34. The minimum atomic E-state index is -1.96. The summed E-state index contributed by atoms with van der Waals surface area (Å²) in [5.41, 5.74) is 0. The molecule has 1 fully saturated rings. The molecule has 0 unspecified atom stereocenters. The van der Waals surface area contributed by atoms with Crippen molar-refractivity contribution in [2.45, 2.75) is 26.7 Å². The van der Waals surface area contributed by atoms with E-state index in [-0.39, 0.29) is 18.7 Å². The van der Waals surface area contributed by atoms with Crippen LogP contribution in [0.2, 0.25) is 0 Å². The number of oxime groups is 1. The molecule has 9 heteroatoms. The zero-order valence-electron chi connectivity index (χ0n) is 10.6. The van der Waals surface area contributed by atoms with Gasteiger partial charge in [0, 0.05) is 6.92 Å². The van der Waals surface area contributed by atoms with E-state index in [0.717, 1.165) is 0 Å². The van der Waals surface area contributed by atoms with Crippen molar-refractivity contribution in [3.8, 4) is 0 Å². The largest absolute Gasteiger partial charge is 0.479 e. The van der Waals surface area contributed by atoms with Crippen molar-refractivity contribution < 1.29 is 38.8 Å². The molecule has 0 aliphatic carbocycles. The first-order valence-corrected chi connectivity index (χ1v) is 5.60. The van der Waals surface area contributed by atoms with E-state index in [1.54, 1.807) is 6.92 Å². The van der Waals surface area contributed by atoms with E-state index in [4.69, 9.17) is 4.74 Å². The molecular formula is C10H15N2O7+. The molecule has 2 amide bonds. The van der Waals surface area contributed by atoms with Gasteiger partial charge in [-0.1, -0.05) is 5.16 Å². The highest BCUT2D eigenvalue weighted by atomic mass is 17.0. The van der Waals surface area contributed by atoms with Crippen LogP contribution in [0.15, 0.2) is 5.16 Å². The average Bonchev–Trinajstić information content (AvgIpc) is 2.57. The van der Waals surface area contributed by atoms with Gasteiger partial charge in [-0.2, -0.15) is 5.21 Å². The Hall–Kier alpha value is -2.00. The van der Waals surface area contributed by atoms with E-state index in [9.17, 15) is 19.6 Å². The summed E-state index contributed by atoms with van der Waals surface area (Å²) in [5.74, 6) is -2.68. The summed E-state index contributed by atoms with van der Waals surface area (Å²) in [7, 11) is 0. The third-order valence-electron chi connectivity index (χ3n) is 2.19. The van der Waals surface area contributed by atoms with Crippen LogP contribution in [0.3, 0.4) is 0 Å². The lowest BCUT2D eigenvalue weighted by atomic mass is 10.4. The summed E-state index contributed by atoms with van der Waals surface area (Å²) in [5, 5.41) is 13.0. The van der Waals surface area contributed by atoms with E-state index in [1.807, 2.05) is 0 Å². The maximum atomic E-state index is 11.3. The summed E-state index contributed by atoms with van der Waals surface area (Å²) in [6.45, 7) is 2.99. The molecule has 1 N–H and O–H groups in total. The maximum absolute atomic E-state index is 11.3. The molecule has 0 spiro atoms. The van der Waals surface area contributed by atoms with Crippen LogP contribution in [0.1, 0.15) is 26.7 Å². The molecule has 1 aliphatic heterocycles. The molecule has 0 saturated carbocycles. The number of carbonyl (C=O) groups is 3. The van der Waals surface area contributed by atoms with Crippen LogP contribution in [-0.4, -0.2) is 46.9 Å². The van der Waals surface area contributed by atoms with Crippen molar-refractivity contribution in [1.29, 1.82) is 0 Å². The summed E-state index contributed by atoms with van der Waals surface area (Å²) in [6.07, 6.45) is -0.351. The lowest BCUT2D eigenvalue weighted by molar-refractivity contribution is -1.12. The normalized spacial score (nSPS) is 18.4. The lowest BCUT2D eigenvalue weighted by Gasteiger charge is -2.15. The number of carbonyl (C=O) groups excluding carboxylic acids is 3. The Kier molecular flexibility index (Phi) is 4.95. The Balaban J connectivity index is 2.46. The first-order valence-electron chi connectivity index (χ1n) is 5.60. The van der Waals surface area contributed by atoms with Gasteiger partial charge in [0.25, 0.3) is 0 Å². The van der Waals surface area contributed by atoms with Gasteiger partial charge in [0.15, 0.2) is 0 Å². The Bertz CT molecular complexity index is 402. The van der Waals surface area contributed by atoms with E-state index in [2.05, 4.69) is 14.8 Å². The smallest absolute Gasteiger partial charge is 0.412 e. The van der Waals surface area contributed by atoms with E-state index < -0.39 is 29.2 Å². The van der Waals surface area contributed by atoms with Crippen molar-refractivity contribution >= 4 is 23.7 Å². The third-order valence-corrected chi connectivity index (χ3v) is 2.19. The molecule has 106 valence electrons. The van der Waals surface area contributed by atoms with Crippen molar-refractivity contribution in [1.82, 2.24) is 0 Å². The number of quaternary nitrogens is 1. The topological polar surface area (TPSA) is 111 Å². The van der Waals surface area contributed by atoms with Gasteiger partial charge in [0.05, 0.1) is 19.4 Å². The van der Waals surface area contributed by atoms with Gasteiger partial charge < -0.3 is 9.57 Å². The zero-order chi connectivity index (χ0) is 14.5. The van der Waals surface area contributed by atoms with Crippen molar-refractivity contribution in [2.75, 3.05) is 13.2 Å². The molecule has 1 rings (SSSR count). The number of imide groups is 1. The SMILES string of the molecule is CCO/C(C)=N/OCC(=O)O[N+]1(O)C(=O)CCC1=O. The molecule has 1 aliphatic rings. The Morgan fingerprint density at radius 2 is 1.95 bits per heavy atom. The Morgan fingerprint density at radius 1 is 1.37 bits per heavy atom.